The summed E-state index contributed by atoms with van der Waals surface area (Å²) in [6.45, 7) is 3.51. The lowest BCUT2D eigenvalue weighted by molar-refractivity contribution is -0.111. The minimum atomic E-state index is -2.67. The molecule has 4 rings (SSSR count). The summed E-state index contributed by atoms with van der Waals surface area (Å²) in [6, 6.07) is 1.79. The Morgan fingerprint density at radius 2 is 2.07 bits per heavy atom. The lowest BCUT2D eigenvalue weighted by atomic mass is 9.91. The number of hydrogen-bond acceptors (Lipinski definition) is 6. The normalized spacial score (nSPS) is 20.4. The van der Waals surface area contributed by atoms with Gasteiger partial charge in [0.25, 0.3) is 6.43 Å². The molecule has 0 radical (unpaired) electrons. The first-order valence-corrected chi connectivity index (χ1v) is 8.70. The number of anilines is 1. The highest BCUT2D eigenvalue weighted by Gasteiger charge is 2.25. The van der Waals surface area contributed by atoms with Crippen LogP contribution in [-0.4, -0.2) is 43.7 Å². The number of carbonyl (C=O) groups is 1. The van der Waals surface area contributed by atoms with Crippen molar-refractivity contribution in [2.24, 2.45) is 11.8 Å². The maximum atomic E-state index is 13.0. The minimum Gasteiger partial charge on any atom is -0.356 e. The molecule has 0 N–H and O–H groups in total. The van der Waals surface area contributed by atoms with E-state index >= 15 is 0 Å². The van der Waals surface area contributed by atoms with Gasteiger partial charge in [0.05, 0.1) is 12.4 Å². The fraction of sp³-hybridized carbons (Fsp3) is 0.389. The molecule has 9 heteroatoms. The zero-order chi connectivity index (χ0) is 19.0. The lowest BCUT2D eigenvalue weighted by Gasteiger charge is -2.35. The van der Waals surface area contributed by atoms with Crippen LogP contribution in [0.1, 0.15) is 25.5 Å². The molecule has 140 valence electrons. The van der Waals surface area contributed by atoms with Crippen molar-refractivity contribution in [1.82, 2.24) is 24.3 Å². The summed E-state index contributed by atoms with van der Waals surface area (Å²) >= 11 is 0. The highest BCUT2D eigenvalue weighted by molar-refractivity contribution is 5.59. The van der Waals surface area contributed by atoms with Crippen molar-refractivity contribution in [3.63, 3.8) is 0 Å². The molecule has 1 saturated heterocycles. The van der Waals surface area contributed by atoms with Crippen LogP contribution in [0.5, 0.6) is 0 Å². The quantitative estimate of drug-likeness (QED) is 0.656. The van der Waals surface area contributed by atoms with Crippen LogP contribution in [0.4, 0.5) is 14.6 Å². The monoisotopic (exact) mass is 372 g/mol. The van der Waals surface area contributed by atoms with E-state index in [-0.39, 0.29) is 11.6 Å². The maximum absolute atomic E-state index is 13.0. The summed E-state index contributed by atoms with van der Waals surface area (Å²) in [5.41, 5.74) is 0.612. The Morgan fingerprint density at radius 1 is 1.22 bits per heavy atom. The predicted octanol–water partition coefficient (Wildman–Crippen LogP) is 2.79. The Morgan fingerprint density at radius 3 is 2.85 bits per heavy atom. The van der Waals surface area contributed by atoms with Gasteiger partial charge in [-0.2, -0.15) is 0 Å². The molecule has 0 saturated carbocycles. The van der Waals surface area contributed by atoms with Crippen molar-refractivity contribution in [3.05, 3.63) is 36.5 Å². The Balaban J connectivity index is 1.71. The molecule has 4 heterocycles. The Kier molecular flexibility index (Phi) is 4.51. The molecular weight excluding hydrogens is 354 g/mol. The zero-order valence-corrected chi connectivity index (χ0v) is 14.7. The van der Waals surface area contributed by atoms with Crippen LogP contribution < -0.4 is 4.90 Å². The lowest BCUT2D eigenvalue weighted by Crippen LogP contribution is -2.40. The van der Waals surface area contributed by atoms with Crippen molar-refractivity contribution in [1.29, 1.82) is 0 Å². The molecule has 0 aliphatic carbocycles. The van der Waals surface area contributed by atoms with Gasteiger partial charge in [-0.25, -0.2) is 28.7 Å². The van der Waals surface area contributed by atoms with Gasteiger partial charge in [-0.15, -0.1) is 0 Å². The van der Waals surface area contributed by atoms with Crippen LogP contribution in [0.15, 0.2) is 30.9 Å². The second kappa shape index (κ2) is 6.98. The molecular formula is C18H18F2N6O. The first kappa shape index (κ1) is 17.4. The van der Waals surface area contributed by atoms with Gasteiger partial charge >= 0.3 is 0 Å². The van der Waals surface area contributed by atoms with E-state index in [9.17, 15) is 13.6 Å². The summed E-state index contributed by atoms with van der Waals surface area (Å²) in [4.78, 5) is 30.1. The van der Waals surface area contributed by atoms with Crippen molar-refractivity contribution in [2.45, 2.75) is 19.8 Å². The summed E-state index contributed by atoms with van der Waals surface area (Å²) in [7, 11) is 0. The van der Waals surface area contributed by atoms with Crippen LogP contribution in [0.25, 0.3) is 17.2 Å². The van der Waals surface area contributed by atoms with E-state index in [2.05, 4.69) is 31.8 Å². The number of imidazole rings is 1. The number of aldehydes is 1. The highest BCUT2D eigenvalue weighted by Crippen LogP contribution is 2.26. The highest BCUT2D eigenvalue weighted by atomic mass is 19.3. The minimum absolute atomic E-state index is 0.0253. The first-order chi connectivity index (χ1) is 13.0. The molecule has 27 heavy (non-hydrogen) atoms. The Labute approximate surface area is 154 Å². The smallest absolute Gasteiger partial charge is 0.281 e. The molecule has 0 amide bonds. The number of piperidine rings is 1. The number of carbonyl (C=O) groups excluding carboxylic acids is 1. The van der Waals surface area contributed by atoms with Crippen molar-refractivity contribution >= 4 is 17.8 Å². The summed E-state index contributed by atoms with van der Waals surface area (Å²) in [5.74, 6) is 1.44. The van der Waals surface area contributed by atoms with Gasteiger partial charge in [0.1, 0.15) is 23.5 Å². The van der Waals surface area contributed by atoms with Gasteiger partial charge in [-0.1, -0.05) is 6.92 Å². The van der Waals surface area contributed by atoms with E-state index in [1.165, 1.54) is 16.8 Å². The molecule has 1 aliphatic rings. The average molecular weight is 372 g/mol. The van der Waals surface area contributed by atoms with Crippen molar-refractivity contribution in [3.8, 4) is 11.5 Å². The van der Waals surface area contributed by atoms with Crippen LogP contribution in [0.2, 0.25) is 0 Å². The van der Waals surface area contributed by atoms with Crippen molar-refractivity contribution < 1.29 is 13.6 Å². The number of aromatic nitrogens is 5. The second-order valence-corrected chi connectivity index (χ2v) is 6.86. The van der Waals surface area contributed by atoms with Crippen LogP contribution in [0, 0.1) is 11.8 Å². The maximum Gasteiger partial charge on any atom is 0.281 e. The second-order valence-electron chi connectivity index (χ2n) is 6.86. The summed E-state index contributed by atoms with van der Waals surface area (Å²) in [6.07, 6.45) is 4.91. The third-order valence-corrected chi connectivity index (χ3v) is 4.72. The molecule has 1 aliphatic heterocycles. The topological polar surface area (TPSA) is 76.3 Å². The standard InChI is InChI=1S/C18H18F2N6O/c1-11-4-12(10-27)8-25(7-11)15-2-3-21-18(24-15)14-5-23-16-6-22-13(17(19)20)9-26(14)16/h2-3,5-6,9-12,17H,4,7-8H2,1H3. The molecule has 0 aromatic carbocycles. The fourth-order valence-corrected chi connectivity index (χ4v) is 3.52. The van der Waals surface area contributed by atoms with E-state index in [1.807, 2.05) is 0 Å². The predicted molar refractivity (Wildman–Crippen MR) is 94.5 cm³/mol. The Bertz CT molecular complexity index is 975. The number of fused-ring (bicyclic) bond motifs is 1. The molecule has 7 nitrogen and oxygen atoms in total. The molecule has 2 unspecified atom stereocenters. The van der Waals surface area contributed by atoms with Crippen LogP contribution in [0.3, 0.4) is 0 Å². The number of hydrogen-bond donors (Lipinski definition) is 0. The van der Waals surface area contributed by atoms with E-state index in [4.69, 9.17) is 0 Å². The zero-order valence-electron chi connectivity index (χ0n) is 14.7. The third-order valence-electron chi connectivity index (χ3n) is 4.72. The van der Waals surface area contributed by atoms with Crippen LogP contribution >= 0.6 is 0 Å². The summed E-state index contributed by atoms with van der Waals surface area (Å²) in [5, 5.41) is 0. The molecule has 3 aromatic heterocycles. The van der Waals surface area contributed by atoms with Crippen molar-refractivity contribution in [2.75, 3.05) is 18.0 Å². The average Bonchev–Trinajstić information content (AvgIpc) is 3.10. The summed E-state index contributed by atoms with van der Waals surface area (Å²) < 4.78 is 27.5. The van der Waals surface area contributed by atoms with Gasteiger partial charge in [0.15, 0.2) is 11.5 Å². The molecule has 0 bridgehead atoms. The third kappa shape index (κ3) is 3.36. The molecule has 1 fully saturated rings. The number of rotatable bonds is 4. The molecule has 3 aromatic rings. The van der Waals surface area contributed by atoms with Gasteiger partial charge in [0.2, 0.25) is 0 Å². The van der Waals surface area contributed by atoms with Crippen LogP contribution in [-0.2, 0) is 4.79 Å². The largest absolute Gasteiger partial charge is 0.356 e. The molecule has 2 atom stereocenters. The van der Waals surface area contributed by atoms with Gasteiger partial charge in [-0.05, 0) is 18.4 Å². The van der Waals surface area contributed by atoms with E-state index in [0.29, 0.717) is 35.4 Å². The van der Waals surface area contributed by atoms with E-state index in [1.54, 1.807) is 18.5 Å². The van der Waals surface area contributed by atoms with E-state index < -0.39 is 6.43 Å². The fourth-order valence-electron chi connectivity index (χ4n) is 3.52. The van der Waals surface area contributed by atoms with Gasteiger partial charge < -0.3 is 9.69 Å². The van der Waals surface area contributed by atoms with E-state index in [0.717, 1.165) is 19.3 Å². The Hall–Kier alpha value is -2.97. The van der Waals surface area contributed by atoms with Gasteiger partial charge in [0, 0.05) is 31.4 Å². The first-order valence-electron chi connectivity index (χ1n) is 8.70. The number of nitrogens with zero attached hydrogens (tertiary/aromatic N) is 6. The van der Waals surface area contributed by atoms with Gasteiger partial charge in [-0.3, -0.25) is 4.40 Å². The number of halogens is 2. The number of alkyl halides is 2. The molecule has 0 spiro atoms. The SMILES string of the molecule is CC1CC(C=O)CN(c2ccnc(-c3cnc4cnc(C(F)F)cn34)n2)C1.